The fourth-order valence-corrected chi connectivity index (χ4v) is 4.62. The number of para-hydroxylation sites is 1. The van der Waals surface area contributed by atoms with E-state index in [9.17, 15) is 13.2 Å². The molecule has 150 valence electrons. The molecule has 0 bridgehead atoms. The molecule has 0 fully saturated rings. The zero-order valence-corrected chi connectivity index (χ0v) is 18.5. The number of nitrogens with one attached hydrogen (secondary N) is 1. The summed E-state index contributed by atoms with van der Waals surface area (Å²) in [4.78, 5) is 12.9. The van der Waals surface area contributed by atoms with Crippen LogP contribution in [0.4, 0.5) is 11.4 Å². The predicted octanol–water partition coefficient (Wildman–Crippen LogP) is 4.90. The van der Waals surface area contributed by atoms with E-state index in [-0.39, 0.29) is 11.4 Å². The molecule has 29 heavy (non-hydrogen) atoms. The minimum atomic E-state index is -3.93. The second-order valence-corrected chi connectivity index (χ2v) is 9.45. The highest BCUT2D eigenvalue weighted by Gasteiger charge is 2.27. The smallest absolute Gasteiger partial charge is 0.264 e. The first kappa shape index (κ1) is 21.1. The molecular formula is C22H21BrN2O3S. The summed E-state index contributed by atoms with van der Waals surface area (Å²) in [5.41, 5.74) is 2.91. The summed E-state index contributed by atoms with van der Waals surface area (Å²) in [6.45, 7) is 3.42. The van der Waals surface area contributed by atoms with Crippen LogP contribution in [0.2, 0.25) is 0 Å². The van der Waals surface area contributed by atoms with Gasteiger partial charge in [-0.3, -0.25) is 9.10 Å². The van der Waals surface area contributed by atoms with Crippen molar-refractivity contribution >= 4 is 43.2 Å². The van der Waals surface area contributed by atoms with E-state index in [1.165, 1.54) is 0 Å². The molecule has 0 aromatic heterocycles. The van der Waals surface area contributed by atoms with Gasteiger partial charge in [-0.1, -0.05) is 57.9 Å². The minimum Gasteiger partial charge on any atom is -0.324 e. The van der Waals surface area contributed by atoms with Crippen LogP contribution in [0.1, 0.15) is 11.1 Å². The zero-order chi connectivity index (χ0) is 21.0. The second kappa shape index (κ2) is 8.80. The fraction of sp³-hybridized carbons (Fsp3) is 0.136. The predicted molar refractivity (Wildman–Crippen MR) is 120 cm³/mol. The molecule has 0 heterocycles. The fourth-order valence-electron chi connectivity index (χ4n) is 2.82. The molecule has 0 saturated carbocycles. The Kier molecular flexibility index (Phi) is 6.39. The number of anilines is 2. The number of sulfonamides is 1. The Balaban J connectivity index is 1.96. The lowest BCUT2D eigenvalue weighted by molar-refractivity contribution is -0.114. The van der Waals surface area contributed by atoms with E-state index in [0.717, 1.165) is 19.9 Å². The van der Waals surface area contributed by atoms with E-state index in [1.807, 2.05) is 32.0 Å². The van der Waals surface area contributed by atoms with Gasteiger partial charge < -0.3 is 5.32 Å². The molecule has 0 radical (unpaired) electrons. The van der Waals surface area contributed by atoms with Gasteiger partial charge in [0, 0.05) is 10.2 Å². The maximum Gasteiger partial charge on any atom is 0.264 e. The normalized spacial score (nSPS) is 11.1. The standard InChI is InChI=1S/C22H21BrN2O3S/c1-16-10-12-20(13-11-16)29(27,28)25(19-8-5-7-18(23)14-19)15-22(26)24-21-9-4-3-6-17(21)2/h3-14H,15H2,1-2H3,(H,24,26). The molecular weight excluding hydrogens is 452 g/mol. The Hall–Kier alpha value is -2.64. The minimum absolute atomic E-state index is 0.131. The van der Waals surface area contributed by atoms with E-state index >= 15 is 0 Å². The molecule has 0 spiro atoms. The van der Waals surface area contributed by atoms with Gasteiger partial charge in [0.1, 0.15) is 6.54 Å². The van der Waals surface area contributed by atoms with Gasteiger partial charge in [0.15, 0.2) is 0 Å². The third-order valence-corrected chi connectivity index (χ3v) is 6.69. The summed E-state index contributed by atoms with van der Waals surface area (Å²) < 4.78 is 28.5. The molecule has 3 rings (SSSR count). The van der Waals surface area contributed by atoms with Crippen molar-refractivity contribution in [3.8, 4) is 0 Å². The van der Waals surface area contributed by atoms with Gasteiger partial charge in [-0.05, 0) is 55.8 Å². The lowest BCUT2D eigenvalue weighted by atomic mass is 10.2. The van der Waals surface area contributed by atoms with E-state index in [0.29, 0.717) is 11.4 Å². The van der Waals surface area contributed by atoms with Gasteiger partial charge >= 0.3 is 0 Å². The van der Waals surface area contributed by atoms with Crippen LogP contribution in [0.5, 0.6) is 0 Å². The number of hydrogen-bond acceptors (Lipinski definition) is 3. The molecule has 0 aliphatic rings. The first-order valence-corrected chi connectivity index (χ1v) is 11.2. The summed E-state index contributed by atoms with van der Waals surface area (Å²) in [6.07, 6.45) is 0. The lowest BCUT2D eigenvalue weighted by Gasteiger charge is -2.24. The van der Waals surface area contributed by atoms with Crippen molar-refractivity contribution in [1.82, 2.24) is 0 Å². The number of halogens is 1. The van der Waals surface area contributed by atoms with Crippen LogP contribution in [-0.2, 0) is 14.8 Å². The van der Waals surface area contributed by atoms with Gasteiger partial charge in [-0.2, -0.15) is 0 Å². The maximum atomic E-state index is 13.3. The topological polar surface area (TPSA) is 66.5 Å². The Morgan fingerprint density at radius 1 is 0.966 bits per heavy atom. The van der Waals surface area contributed by atoms with Gasteiger partial charge in [0.2, 0.25) is 5.91 Å². The van der Waals surface area contributed by atoms with Gasteiger partial charge in [0.05, 0.1) is 10.6 Å². The summed E-state index contributed by atoms with van der Waals surface area (Å²) >= 11 is 3.37. The third kappa shape index (κ3) is 5.05. The monoisotopic (exact) mass is 472 g/mol. The lowest BCUT2D eigenvalue weighted by Crippen LogP contribution is -2.38. The van der Waals surface area contributed by atoms with Crippen LogP contribution in [0.3, 0.4) is 0 Å². The van der Waals surface area contributed by atoms with Crippen molar-refractivity contribution in [2.45, 2.75) is 18.7 Å². The Morgan fingerprint density at radius 2 is 1.66 bits per heavy atom. The Morgan fingerprint density at radius 3 is 2.31 bits per heavy atom. The molecule has 0 aliphatic carbocycles. The van der Waals surface area contributed by atoms with E-state index in [1.54, 1.807) is 54.6 Å². The van der Waals surface area contributed by atoms with Crippen LogP contribution in [0, 0.1) is 13.8 Å². The van der Waals surface area contributed by atoms with Gasteiger partial charge in [0.25, 0.3) is 10.0 Å². The molecule has 0 unspecified atom stereocenters. The van der Waals surface area contributed by atoms with Crippen LogP contribution >= 0.6 is 15.9 Å². The van der Waals surface area contributed by atoms with E-state index in [4.69, 9.17) is 0 Å². The van der Waals surface area contributed by atoms with E-state index < -0.39 is 15.9 Å². The number of benzene rings is 3. The molecule has 1 amide bonds. The first-order chi connectivity index (χ1) is 13.8. The quantitative estimate of drug-likeness (QED) is 0.554. The number of amides is 1. The van der Waals surface area contributed by atoms with E-state index in [2.05, 4.69) is 21.2 Å². The van der Waals surface area contributed by atoms with Crippen molar-refractivity contribution in [3.63, 3.8) is 0 Å². The molecule has 0 aliphatic heterocycles. The Bertz CT molecular complexity index is 1130. The van der Waals surface area contributed by atoms with Crippen LogP contribution in [0.15, 0.2) is 82.2 Å². The number of nitrogens with zero attached hydrogens (tertiary/aromatic N) is 1. The average Bonchev–Trinajstić information content (AvgIpc) is 2.68. The molecule has 5 nitrogen and oxygen atoms in total. The molecule has 0 atom stereocenters. The molecule has 1 N–H and O–H groups in total. The molecule has 7 heteroatoms. The average molecular weight is 473 g/mol. The number of aryl methyl sites for hydroxylation is 2. The highest BCUT2D eigenvalue weighted by Crippen LogP contribution is 2.26. The number of carbonyl (C=O) groups excluding carboxylic acids is 1. The van der Waals surface area contributed by atoms with Crippen molar-refractivity contribution in [2.24, 2.45) is 0 Å². The highest BCUT2D eigenvalue weighted by atomic mass is 79.9. The number of hydrogen-bond donors (Lipinski definition) is 1. The van der Waals surface area contributed by atoms with Crippen LogP contribution in [-0.4, -0.2) is 20.9 Å². The summed E-state index contributed by atoms with van der Waals surface area (Å²) in [5.74, 6) is -0.421. The van der Waals surface area contributed by atoms with Crippen molar-refractivity contribution in [1.29, 1.82) is 0 Å². The number of rotatable bonds is 6. The summed E-state index contributed by atoms with van der Waals surface area (Å²) in [6, 6.07) is 20.8. The third-order valence-electron chi connectivity index (χ3n) is 4.41. The molecule has 0 saturated heterocycles. The van der Waals surface area contributed by atoms with Crippen molar-refractivity contribution in [3.05, 3.63) is 88.4 Å². The van der Waals surface area contributed by atoms with Crippen LogP contribution < -0.4 is 9.62 Å². The second-order valence-electron chi connectivity index (χ2n) is 6.67. The van der Waals surface area contributed by atoms with Crippen LogP contribution in [0.25, 0.3) is 0 Å². The maximum absolute atomic E-state index is 13.3. The van der Waals surface area contributed by atoms with Crippen molar-refractivity contribution < 1.29 is 13.2 Å². The molecule has 3 aromatic rings. The zero-order valence-electron chi connectivity index (χ0n) is 16.1. The molecule has 3 aromatic carbocycles. The van der Waals surface area contributed by atoms with Crippen molar-refractivity contribution in [2.75, 3.05) is 16.2 Å². The number of carbonyl (C=O) groups is 1. The Labute approximate surface area is 179 Å². The van der Waals surface area contributed by atoms with Gasteiger partial charge in [-0.25, -0.2) is 8.42 Å². The largest absolute Gasteiger partial charge is 0.324 e. The summed E-state index contributed by atoms with van der Waals surface area (Å²) in [7, 11) is -3.93. The SMILES string of the molecule is Cc1ccc(S(=O)(=O)N(CC(=O)Nc2ccccc2C)c2cccc(Br)c2)cc1. The first-order valence-electron chi connectivity index (χ1n) is 8.98. The summed E-state index contributed by atoms with van der Waals surface area (Å²) in [5, 5.41) is 2.80. The highest BCUT2D eigenvalue weighted by molar-refractivity contribution is 9.10. The van der Waals surface area contributed by atoms with Gasteiger partial charge in [-0.15, -0.1) is 0 Å².